The molecule has 6 heteroatoms. The number of fused-ring (bicyclic) bond motifs is 1. The molecule has 0 unspecified atom stereocenters. The maximum absolute atomic E-state index is 13.2. The molecular weight excluding hydrogens is 315 g/mol. The Labute approximate surface area is 138 Å². The van der Waals surface area contributed by atoms with Crippen LogP contribution in [-0.4, -0.2) is 20.0 Å². The molecule has 1 N–H and O–H groups in total. The summed E-state index contributed by atoms with van der Waals surface area (Å²) in [6.07, 6.45) is 0. The van der Waals surface area contributed by atoms with Crippen molar-refractivity contribution < 1.29 is 13.6 Å². The first kappa shape index (κ1) is 15.4. The van der Waals surface area contributed by atoms with E-state index < -0.39 is 0 Å². The summed E-state index contributed by atoms with van der Waals surface area (Å²) in [7, 11) is 3.36. The Bertz CT molecular complexity index is 872. The summed E-state index contributed by atoms with van der Waals surface area (Å²) in [5, 5.41) is 3.32. The standard InChI is InChI=1S/C17H15FN2O2S/c1-19-17(21)15-13-8-7-12(20(2)23)9-14(13)22-16(15)10-3-5-11(18)6-4-10/h3-9,23H,1-2H3,(H,19,21). The van der Waals surface area contributed by atoms with E-state index in [4.69, 9.17) is 4.42 Å². The molecule has 1 heterocycles. The molecule has 0 aliphatic carbocycles. The number of rotatable bonds is 3. The molecule has 4 nitrogen and oxygen atoms in total. The van der Waals surface area contributed by atoms with E-state index in [1.165, 1.54) is 12.1 Å². The van der Waals surface area contributed by atoms with Crippen molar-refractivity contribution in [2.75, 3.05) is 18.4 Å². The van der Waals surface area contributed by atoms with Crippen LogP contribution in [0.4, 0.5) is 10.1 Å². The normalized spacial score (nSPS) is 10.8. The smallest absolute Gasteiger partial charge is 0.255 e. The van der Waals surface area contributed by atoms with Crippen LogP contribution in [0.3, 0.4) is 0 Å². The minimum Gasteiger partial charge on any atom is -0.455 e. The van der Waals surface area contributed by atoms with Crippen molar-refractivity contribution in [3.05, 3.63) is 53.8 Å². The van der Waals surface area contributed by atoms with E-state index in [2.05, 4.69) is 18.1 Å². The molecule has 3 rings (SSSR count). The molecule has 1 aromatic heterocycles. The van der Waals surface area contributed by atoms with Crippen LogP contribution in [0.5, 0.6) is 0 Å². The van der Waals surface area contributed by atoms with Crippen molar-refractivity contribution in [1.29, 1.82) is 0 Å². The molecule has 0 bridgehead atoms. The van der Waals surface area contributed by atoms with E-state index in [-0.39, 0.29) is 11.7 Å². The molecule has 0 fully saturated rings. The van der Waals surface area contributed by atoms with Crippen molar-refractivity contribution in [2.24, 2.45) is 0 Å². The summed E-state index contributed by atoms with van der Waals surface area (Å²) in [4.78, 5) is 12.3. The molecule has 0 aliphatic heterocycles. The van der Waals surface area contributed by atoms with Crippen LogP contribution in [-0.2, 0) is 0 Å². The minimum absolute atomic E-state index is 0.255. The van der Waals surface area contributed by atoms with Crippen molar-refractivity contribution in [3.8, 4) is 11.3 Å². The van der Waals surface area contributed by atoms with Gasteiger partial charge in [0.05, 0.1) is 11.3 Å². The second-order valence-corrected chi connectivity index (χ2v) is 5.70. The highest BCUT2D eigenvalue weighted by atomic mass is 32.1. The Hall–Kier alpha value is -2.47. The number of halogens is 1. The van der Waals surface area contributed by atoms with Crippen LogP contribution in [0.25, 0.3) is 22.3 Å². The quantitative estimate of drug-likeness (QED) is 0.717. The summed E-state index contributed by atoms with van der Waals surface area (Å²) in [6.45, 7) is 0. The fraction of sp³-hybridized carbons (Fsp3) is 0.118. The van der Waals surface area contributed by atoms with Gasteiger partial charge < -0.3 is 14.0 Å². The Balaban J connectivity index is 2.26. The Morgan fingerprint density at radius 3 is 2.52 bits per heavy atom. The van der Waals surface area contributed by atoms with E-state index in [1.807, 2.05) is 18.2 Å². The number of furan rings is 1. The second kappa shape index (κ2) is 5.96. The number of nitrogens with one attached hydrogen (secondary N) is 1. The molecule has 118 valence electrons. The molecule has 0 spiro atoms. The van der Waals surface area contributed by atoms with E-state index in [1.54, 1.807) is 30.5 Å². The molecule has 3 aromatic rings. The molecule has 0 saturated carbocycles. The fourth-order valence-electron chi connectivity index (χ4n) is 2.44. The minimum atomic E-state index is -0.342. The monoisotopic (exact) mass is 330 g/mol. The lowest BCUT2D eigenvalue weighted by Gasteiger charge is -2.09. The highest BCUT2D eigenvalue weighted by Gasteiger charge is 2.21. The van der Waals surface area contributed by atoms with Gasteiger partial charge >= 0.3 is 0 Å². The maximum atomic E-state index is 13.2. The second-order valence-electron chi connectivity index (χ2n) is 5.10. The van der Waals surface area contributed by atoms with Crippen molar-refractivity contribution in [1.82, 2.24) is 5.32 Å². The Morgan fingerprint density at radius 2 is 1.91 bits per heavy atom. The molecular formula is C17H15FN2O2S. The van der Waals surface area contributed by atoms with Gasteiger partial charge in [0, 0.05) is 31.1 Å². The molecule has 0 radical (unpaired) electrons. The lowest BCUT2D eigenvalue weighted by Crippen LogP contribution is -2.18. The predicted octanol–water partition coefficient (Wildman–Crippen LogP) is 3.88. The molecule has 23 heavy (non-hydrogen) atoms. The van der Waals surface area contributed by atoms with Crippen LogP contribution >= 0.6 is 12.8 Å². The van der Waals surface area contributed by atoms with Crippen molar-refractivity contribution in [2.45, 2.75) is 0 Å². The Kier molecular flexibility index (Phi) is 4.00. The average Bonchev–Trinajstić information content (AvgIpc) is 2.93. The zero-order valence-corrected chi connectivity index (χ0v) is 13.5. The largest absolute Gasteiger partial charge is 0.455 e. The average molecular weight is 330 g/mol. The van der Waals surface area contributed by atoms with Gasteiger partial charge in [0.2, 0.25) is 0 Å². The molecule has 0 atom stereocenters. The zero-order valence-electron chi connectivity index (χ0n) is 12.6. The van der Waals surface area contributed by atoms with Gasteiger partial charge in [-0.2, -0.15) is 0 Å². The summed E-state index contributed by atoms with van der Waals surface area (Å²) >= 11 is 4.26. The predicted molar refractivity (Wildman–Crippen MR) is 92.4 cm³/mol. The molecule has 0 saturated heterocycles. The lowest BCUT2D eigenvalue weighted by atomic mass is 10.0. The van der Waals surface area contributed by atoms with Crippen molar-refractivity contribution >= 4 is 35.4 Å². The van der Waals surface area contributed by atoms with E-state index in [9.17, 15) is 9.18 Å². The number of hydrogen-bond acceptors (Lipinski definition) is 4. The first-order valence-corrected chi connectivity index (χ1v) is 7.38. The van der Waals surface area contributed by atoms with Gasteiger partial charge in [-0.3, -0.25) is 4.79 Å². The number of amides is 1. The van der Waals surface area contributed by atoms with Crippen molar-refractivity contribution in [3.63, 3.8) is 0 Å². The third kappa shape index (κ3) is 2.77. The molecule has 1 amide bonds. The van der Waals surface area contributed by atoms with Gasteiger partial charge in [-0.1, -0.05) is 12.8 Å². The summed E-state index contributed by atoms with van der Waals surface area (Å²) in [6, 6.07) is 11.3. The van der Waals surface area contributed by atoms with Gasteiger partial charge in [-0.15, -0.1) is 0 Å². The zero-order chi connectivity index (χ0) is 16.6. The molecule has 0 aliphatic rings. The number of benzene rings is 2. The van der Waals surface area contributed by atoms with Gasteiger partial charge in [0.25, 0.3) is 5.91 Å². The first-order valence-electron chi connectivity index (χ1n) is 6.98. The Morgan fingerprint density at radius 1 is 1.22 bits per heavy atom. The third-order valence-electron chi connectivity index (χ3n) is 3.61. The van der Waals surface area contributed by atoms with E-state index in [0.29, 0.717) is 27.9 Å². The number of carbonyl (C=O) groups is 1. The van der Waals surface area contributed by atoms with Crippen LogP contribution in [0, 0.1) is 5.82 Å². The van der Waals surface area contributed by atoms with Crippen LogP contribution in [0.2, 0.25) is 0 Å². The number of anilines is 1. The maximum Gasteiger partial charge on any atom is 0.255 e. The summed E-state index contributed by atoms with van der Waals surface area (Å²) in [5.74, 6) is -0.182. The summed E-state index contributed by atoms with van der Waals surface area (Å²) < 4.78 is 20.7. The van der Waals surface area contributed by atoms with Gasteiger partial charge in [-0.25, -0.2) is 4.39 Å². The SMILES string of the molecule is CNC(=O)c1c(-c2ccc(F)cc2)oc2cc(N(C)S)ccc12. The third-order valence-corrected chi connectivity index (χ3v) is 3.84. The fourth-order valence-corrected chi connectivity index (χ4v) is 2.57. The number of hydrogen-bond donors (Lipinski definition) is 2. The summed E-state index contributed by atoms with van der Waals surface area (Å²) in [5.41, 5.74) is 2.48. The highest BCUT2D eigenvalue weighted by Crippen LogP contribution is 2.35. The van der Waals surface area contributed by atoms with E-state index in [0.717, 1.165) is 5.69 Å². The van der Waals surface area contributed by atoms with Gasteiger partial charge in [0.15, 0.2) is 0 Å². The van der Waals surface area contributed by atoms with Crippen LogP contribution in [0.15, 0.2) is 46.9 Å². The number of carbonyl (C=O) groups excluding carboxylic acids is 1. The van der Waals surface area contributed by atoms with Crippen LogP contribution < -0.4 is 9.62 Å². The highest BCUT2D eigenvalue weighted by molar-refractivity contribution is 7.81. The first-order chi connectivity index (χ1) is 11.0. The van der Waals surface area contributed by atoms with Gasteiger partial charge in [-0.05, 0) is 36.4 Å². The number of thiol groups is 1. The van der Waals surface area contributed by atoms with E-state index >= 15 is 0 Å². The van der Waals surface area contributed by atoms with Gasteiger partial charge in [0.1, 0.15) is 17.2 Å². The number of nitrogens with zero attached hydrogens (tertiary/aromatic N) is 1. The van der Waals surface area contributed by atoms with Crippen LogP contribution in [0.1, 0.15) is 10.4 Å². The lowest BCUT2D eigenvalue weighted by molar-refractivity contribution is 0.0964. The molecule has 2 aromatic carbocycles. The topological polar surface area (TPSA) is 45.5 Å².